The van der Waals surface area contributed by atoms with Crippen LogP contribution >= 0.6 is 11.3 Å². The topological polar surface area (TPSA) is 49.9 Å². The van der Waals surface area contributed by atoms with Crippen molar-refractivity contribution in [2.24, 2.45) is 0 Å². The number of amides is 2. The lowest BCUT2D eigenvalue weighted by molar-refractivity contribution is 0.0538. The second-order valence-corrected chi connectivity index (χ2v) is 8.99. The van der Waals surface area contributed by atoms with Crippen molar-refractivity contribution in [3.8, 4) is 16.2 Å². The number of thiophene rings is 1. The first kappa shape index (κ1) is 19.8. The van der Waals surface area contributed by atoms with Crippen LogP contribution in [-0.4, -0.2) is 54.9 Å². The van der Waals surface area contributed by atoms with E-state index in [9.17, 15) is 9.59 Å². The highest BCUT2D eigenvalue weighted by Crippen LogP contribution is 2.39. The summed E-state index contributed by atoms with van der Waals surface area (Å²) in [5.41, 5.74) is 4.52. The monoisotopic (exact) mass is 432 g/mol. The van der Waals surface area contributed by atoms with Gasteiger partial charge in [0, 0.05) is 36.6 Å². The molecule has 2 amide bonds. The molecule has 1 saturated heterocycles. The molecule has 158 valence electrons. The minimum atomic E-state index is -0.0193. The van der Waals surface area contributed by atoms with Gasteiger partial charge in [0.1, 0.15) is 5.75 Å². The number of fused-ring (bicyclic) bond motifs is 3. The maximum absolute atomic E-state index is 13.2. The highest BCUT2D eigenvalue weighted by Gasteiger charge is 2.28. The number of ether oxygens (including phenoxy) is 1. The molecule has 0 radical (unpaired) electrons. The summed E-state index contributed by atoms with van der Waals surface area (Å²) in [7, 11) is 1.59. The molecule has 0 unspecified atom stereocenters. The van der Waals surface area contributed by atoms with Gasteiger partial charge in [-0.2, -0.15) is 0 Å². The summed E-state index contributed by atoms with van der Waals surface area (Å²) in [6.45, 7) is 2.17. The minimum Gasteiger partial charge on any atom is -0.497 e. The van der Waals surface area contributed by atoms with Gasteiger partial charge in [0.15, 0.2) is 0 Å². The number of aryl methyl sites for hydroxylation is 2. The lowest BCUT2D eigenvalue weighted by atomic mass is 9.91. The number of nitrogens with zero attached hydrogens (tertiary/aromatic N) is 2. The van der Waals surface area contributed by atoms with Crippen molar-refractivity contribution in [3.63, 3.8) is 0 Å². The lowest BCUT2D eigenvalue weighted by Crippen LogP contribution is -2.50. The average Bonchev–Trinajstić information content (AvgIpc) is 3.28. The van der Waals surface area contributed by atoms with Crippen LogP contribution in [0.2, 0.25) is 0 Å². The van der Waals surface area contributed by atoms with Crippen molar-refractivity contribution in [3.05, 3.63) is 76.2 Å². The zero-order chi connectivity index (χ0) is 21.4. The Morgan fingerprint density at radius 3 is 2.32 bits per heavy atom. The maximum atomic E-state index is 13.2. The van der Waals surface area contributed by atoms with Crippen LogP contribution in [0.4, 0.5) is 0 Å². The van der Waals surface area contributed by atoms with Crippen molar-refractivity contribution in [1.29, 1.82) is 0 Å². The summed E-state index contributed by atoms with van der Waals surface area (Å²) in [5.74, 6) is 0.724. The van der Waals surface area contributed by atoms with Crippen LogP contribution in [-0.2, 0) is 12.8 Å². The largest absolute Gasteiger partial charge is 0.497 e. The van der Waals surface area contributed by atoms with Crippen LogP contribution in [0.1, 0.15) is 31.2 Å². The molecule has 1 aliphatic heterocycles. The predicted octanol–water partition coefficient (Wildman–Crippen LogP) is 4.12. The summed E-state index contributed by atoms with van der Waals surface area (Å²) in [5, 5.41) is 0. The van der Waals surface area contributed by atoms with Crippen molar-refractivity contribution in [2.45, 2.75) is 12.8 Å². The van der Waals surface area contributed by atoms with Gasteiger partial charge in [0.05, 0.1) is 12.0 Å². The number of carbonyl (C=O) groups is 2. The smallest absolute Gasteiger partial charge is 0.264 e. The summed E-state index contributed by atoms with van der Waals surface area (Å²) in [6, 6.07) is 17.8. The first-order valence-electron chi connectivity index (χ1n) is 10.6. The molecule has 0 atom stereocenters. The Morgan fingerprint density at radius 2 is 1.55 bits per heavy atom. The highest BCUT2D eigenvalue weighted by atomic mass is 32.1. The number of piperazine rings is 1. The van der Waals surface area contributed by atoms with Crippen LogP contribution in [0.25, 0.3) is 10.4 Å². The van der Waals surface area contributed by atoms with E-state index in [4.69, 9.17) is 4.74 Å². The number of hydrogen-bond donors (Lipinski definition) is 0. The molecule has 0 N–H and O–H groups in total. The third kappa shape index (κ3) is 3.72. The van der Waals surface area contributed by atoms with E-state index in [0.29, 0.717) is 37.5 Å². The van der Waals surface area contributed by atoms with E-state index in [1.54, 1.807) is 30.6 Å². The molecular formula is C25H24N2O3S. The van der Waals surface area contributed by atoms with Gasteiger partial charge in [-0.05, 0) is 53.8 Å². The van der Waals surface area contributed by atoms with E-state index in [1.165, 1.54) is 21.6 Å². The molecule has 1 aliphatic carbocycles. The summed E-state index contributed by atoms with van der Waals surface area (Å²) in [6.07, 6.45) is 2.01. The van der Waals surface area contributed by atoms with Crippen molar-refractivity contribution < 1.29 is 14.3 Å². The van der Waals surface area contributed by atoms with E-state index in [2.05, 4.69) is 30.3 Å². The SMILES string of the molecule is COc1cccc(C(=O)N2CCN(C(=O)c3cc4c(s3)-c3ccccc3CC4)CC2)c1. The fraction of sp³-hybridized carbons (Fsp3) is 0.280. The van der Waals surface area contributed by atoms with Crippen LogP contribution < -0.4 is 4.74 Å². The second kappa shape index (κ2) is 8.19. The van der Waals surface area contributed by atoms with Gasteiger partial charge in [-0.3, -0.25) is 9.59 Å². The van der Waals surface area contributed by atoms with Gasteiger partial charge in [-0.1, -0.05) is 30.3 Å². The van der Waals surface area contributed by atoms with E-state index in [0.717, 1.165) is 17.7 Å². The van der Waals surface area contributed by atoms with Gasteiger partial charge >= 0.3 is 0 Å². The van der Waals surface area contributed by atoms with E-state index in [-0.39, 0.29) is 11.8 Å². The zero-order valence-corrected chi connectivity index (χ0v) is 18.3. The minimum absolute atomic E-state index is 0.0193. The number of methoxy groups -OCH3 is 1. The fourth-order valence-electron chi connectivity index (χ4n) is 4.38. The molecular weight excluding hydrogens is 408 g/mol. The highest BCUT2D eigenvalue weighted by molar-refractivity contribution is 7.17. The van der Waals surface area contributed by atoms with Crippen molar-refractivity contribution in [2.75, 3.05) is 33.3 Å². The Bertz CT molecular complexity index is 1150. The molecule has 3 aromatic rings. The Balaban J connectivity index is 1.27. The molecule has 0 saturated carbocycles. The Hall–Kier alpha value is -3.12. The quantitative estimate of drug-likeness (QED) is 0.626. The van der Waals surface area contributed by atoms with E-state index in [1.807, 2.05) is 21.9 Å². The second-order valence-electron chi connectivity index (χ2n) is 7.94. The number of rotatable bonds is 3. The average molecular weight is 433 g/mol. The van der Waals surface area contributed by atoms with Gasteiger partial charge < -0.3 is 14.5 Å². The molecule has 5 nitrogen and oxygen atoms in total. The van der Waals surface area contributed by atoms with Gasteiger partial charge in [0.2, 0.25) is 0 Å². The first-order valence-corrected chi connectivity index (χ1v) is 11.4. The summed E-state index contributed by atoms with van der Waals surface area (Å²) in [4.78, 5) is 31.7. The van der Waals surface area contributed by atoms with Gasteiger partial charge in [-0.25, -0.2) is 0 Å². The number of carbonyl (C=O) groups excluding carboxylic acids is 2. The van der Waals surface area contributed by atoms with Crippen LogP contribution in [0.3, 0.4) is 0 Å². The summed E-state index contributed by atoms with van der Waals surface area (Å²) < 4.78 is 5.22. The molecule has 2 aliphatic rings. The van der Waals surface area contributed by atoms with Crippen molar-refractivity contribution in [1.82, 2.24) is 9.80 Å². The molecule has 6 heteroatoms. The Morgan fingerprint density at radius 1 is 0.839 bits per heavy atom. The maximum Gasteiger partial charge on any atom is 0.264 e. The molecule has 1 fully saturated rings. The van der Waals surface area contributed by atoms with Crippen LogP contribution in [0.15, 0.2) is 54.6 Å². The molecule has 2 aromatic carbocycles. The fourth-order valence-corrected chi connectivity index (χ4v) is 5.62. The Kier molecular flexibility index (Phi) is 5.24. The van der Waals surface area contributed by atoms with Gasteiger partial charge in [-0.15, -0.1) is 11.3 Å². The van der Waals surface area contributed by atoms with Crippen LogP contribution in [0, 0.1) is 0 Å². The van der Waals surface area contributed by atoms with E-state index >= 15 is 0 Å². The standard InChI is InChI=1S/C25H24N2O3S/c1-30-20-7-4-6-19(15-20)24(28)26-11-13-27(14-12-26)25(29)22-16-18-10-9-17-5-2-3-8-21(17)23(18)31-22/h2-8,15-16H,9-14H2,1H3. The molecule has 2 heterocycles. The van der Waals surface area contributed by atoms with Gasteiger partial charge in [0.25, 0.3) is 11.8 Å². The molecule has 1 aromatic heterocycles. The zero-order valence-electron chi connectivity index (χ0n) is 17.5. The van der Waals surface area contributed by atoms with Crippen LogP contribution in [0.5, 0.6) is 5.75 Å². The molecule has 0 spiro atoms. The third-order valence-corrected chi connectivity index (χ3v) is 7.31. The summed E-state index contributed by atoms with van der Waals surface area (Å²) >= 11 is 1.60. The first-order chi connectivity index (χ1) is 15.1. The molecule has 5 rings (SSSR count). The Labute approximate surface area is 185 Å². The number of hydrogen-bond acceptors (Lipinski definition) is 4. The molecule has 0 bridgehead atoms. The molecule has 31 heavy (non-hydrogen) atoms. The third-order valence-electron chi connectivity index (χ3n) is 6.12. The predicted molar refractivity (Wildman–Crippen MR) is 122 cm³/mol. The lowest BCUT2D eigenvalue weighted by Gasteiger charge is -2.34. The van der Waals surface area contributed by atoms with E-state index < -0.39 is 0 Å². The van der Waals surface area contributed by atoms with Crippen molar-refractivity contribution >= 4 is 23.2 Å². The number of benzene rings is 2. The normalized spacial score (nSPS) is 15.3.